The van der Waals surface area contributed by atoms with Gasteiger partial charge in [-0.25, -0.2) is 8.42 Å². The van der Waals surface area contributed by atoms with Crippen LogP contribution in [0.2, 0.25) is 0 Å². The van der Waals surface area contributed by atoms with Crippen LogP contribution in [0.3, 0.4) is 0 Å². The maximum absolute atomic E-state index is 12.9. The molecule has 0 radical (unpaired) electrons. The van der Waals surface area contributed by atoms with Crippen LogP contribution in [0.15, 0.2) is 27.6 Å². The van der Waals surface area contributed by atoms with Crippen molar-refractivity contribution in [1.82, 2.24) is 4.31 Å². The van der Waals surface area contributed by atoms with Crippen molar-refractivity contribution in [2.75, 3.05) is 19.7 Å². The summed E-state index contributed by atoms with van der Waals surface area (Å²) in [6, 6.07) is 4.95. The first kappa shape index (κ1) is 19.7. The van der Waals surface area contributed by atoms with Crippen LogP contribution in [0.25, 0.3) is 0 Å². The lowest BCUT2D eigenvalue weighted by molar-refractivity contribution is -0.0440. The summed E-state index contributed by atoms with van der Waals surface area (Å²) in [6.45, 7) is 7.24. The van der Waals surface area contributed by atoms with Gasteiger partial charge in [0.25, 0.3) is 0 Å². The Labute approximate surface area is 153 Å². The molecule has 0 amide bonds. The first-order chi connectivity index (χ1) is 11.3. The molecule has 0 aromatic heterocycles. The monoisotopic (exact) mass is 419 g/mol. The summed E-state index contributed by atoms with van der Waals surface area (Å²) in [6.07, 6.45) is 2.96. The Balaban J connectivity index is 2.17. The second-order valence-corrected chi connectivity index (χ2v) is 9.02. The van der Waals surface area contributed by atoms with Crippen molar-refractivity contribution in [3.05, 3.63) is 22.7 Å². The Bertz CT molecular complexity index is 640. The summed E-state index contributed by atoms with van der Waals surface area (Å²) in [5.41, 5.74) is 0. The Morgan fingerprint density at radius 1 is 1.25 bits per heavy atom. The average molecular weight is 420 g/mol. The predicted octanol–water partition coefficient (Wildman–Crippen LogP) is 3.82. The van der Waals surface area contributed by atoms with E-state index in [1.807, 2.05) is 13.8 Å². The van der Waals surface area contributed by atoms with Crippen LogP contribution in [0, 0.1) is 0 Å². The molecule has 1 saturated heterocycles. The molecule has 0 saturated carbocycles. The molecule has 0 bridgehead atoms. The van der Waals surface area contributed by atoms with Crippen LogP contribution in [0.5, 0.6) is 5.75 Å². The number of rotatable bonds is 7. The molecule has 0 spiro atoms. The number of morpholine rings is 1. The highest BCUT2D eigenvalue weighted by molar-refractivity contribution is 9.10. The number of halogens is 1. The quantitative estimate of drug-likeness (QED) is 0.630. The second-order valence-electron chi connectivity index (χ2n) is 6.23. The lowest BCUT2D eigenvalue weighted by atomic mass is 10.3. The van der Waals surface area contributed by atoms with Crippen molar-refractivity contribution < 1.29 is 17.9 Å². The molecule has 1 fully saturated rings. The molecule has 0 aliphatic carbocycles. The number of nitrogens with zero attached hydrogens (tertiary/aromatic N) is 1. The third kappa shape index (κ3) is 4.94. The lowest BCUT2D eigenvalue weighted by Gasteiger charge is -2.34. The first-order valence-electron chi connectivity index (χ1n) is 8.42. The topological polar surface area (TPSA) is 55.8 Å². The summed E-state index contributed by atoms with van der Waals surface area (Å²) in [5.74, 6) is 0.571. The first-order valence-corrected chi connectivity index (χ1v) is 10.7. The van der Waals surface area contributed by atoms with Crippen molar-refractivity contribution >= 4 is 26.0 Å². The molecule has 1 aromatic carbocycles. The van der Waals surface area contributed by atoms with E-state index in [4.69, 9.17) is 9.47 Å². The van der Waals surface area contributed by atoms with Crippen LogP contribution in [-0.4, -0.2) is 44.6 Å². The van der Waals surface area contributed by atoms with E-state index in [-0.39, 0.29) is 17.1 Å². The van der Waals surface area contributed by atoms with Gasteiger partial charge < -0.3 is 9.47 Å². The van der Waals surface area contributed by atoms with Crippen molar-refractivity contribution in [2.45, 2.75) is 57.1 Å². The Kier molecular flexibility index (Phi) is 7.10. The molecule has 0 N–H and O–H groups in total. The normalized spacial score (nSPS) is 22.5. The maximum atomic E-state index is 12.9. The van der Waals surface area contributed by atoms with E-state index < -0.39 is 10.0 Å². The summed E-state index contributed by atoms with van der Waals surface area (Å²) >= 11 is 3.43. The van der Waals surface area contributed by atoms with E-state index in [1.165, 1.54) is 4.31 Å². The minimum absolute atomic E-state index is 0.108. The van der Waals surface area contributed by atoms with Crippen LogP contribution in [0.4, 0.5) is 0 Å². The summed E-state index contributed by atoms with van der Waals surface area (Å²) < 4.78 is 39.5. The van der Waals surface area contributed by atoms with E-state index >= 15 is 0 Å². The van der Waals surface area contributed by atoms with E-state index in [2.05, 4.69) is 22.9 Å². The molecule has 7 heteroatoms. The third-order valence-corrected chi connectivity index (χ3v) is 6.41. The van der Waals surface area contributed by atoms with Gasteiger partial charge in [-0.05, 0) is 48.3 Å². The minimum atomic E-state index is -3.55. The number of hydrogen-bond acceptors (Lipinski definition) is 4. The molecule has 2 rings (SSSR count). The molecule has 1 aliphatic heterocycles. The molecule has 2 atom stereocenters. The number of benzene rings is 1. The highest BCUT2D eigenvalue weighted by Gasteiger charge is 2.32. The van der Waals surface area contributed by atoms with Crippen molar-refractivity contribution in [3.8, 4) is 5.75 Å². The summed E-state index contributed by atoms with van der Waals surface area (Å²) in [4.78, 5) is 0.262. The molecule has 1 heterocycles. The molecule has 5 nitrogen and oxygen atoms in total. The predicted molar refractivity (Wildman–Crippen MR) is 97.9 cm³/mol. The van der Waals surface area contributed by atoms with E-state index in [0.29, 0.717) is 25.4 Å². The number of ether oxygens (including phenoxy) is 2. The zero-order valence-electron chi connectivity index (χ0n) is 14.5. The van der Waals surface area contributed by atoms with Crippen LogP contribution in [-0.2, 0) is 14.8 Å². The molecule has 0 unspecified atom stereocenters. The Hall–Kier alpha value is -0.630. The van der Waals surface area contributed by atoms with Gasteiger partial charge in [-0.3, -0.25) is 0 Å². The zero-order chi connectivity index (χ0) is 17.7. The average Bonchev–Trinajstić information content (AvgIpc) is 2.52. The summed E-state index contributed by atoms with van der Waals surface area (Å²) in [5, 5.41) is 0. The largest absolute Gasteiger partial charge is 0.492 e. The molecule has 1 aromatic rings. The molecule has 1 aliphatic rings. The van der Waals surface area contributed by atoms with Gasteiger partial charge in [0.1, 0.15) is 5.75 Å². The van der Waals surface area contributed by atoms with E-state index in [9.17, 15) is 8.42 Å². The number of hydrogen-bond donors (Lipinski definition) is 0. The fourth-order valence-corrected chi connectivity index (χ4v) is 4.73. The highest BCUT2D eigenvalue weighted by Crippen LogP contribution is 2.30. The molecule has 136 valence electrons. The van der Waals surface area contributed by atoms with Crippen molar-refractivity contribution in [3.63, 3.8) is 0 Å². The smallest absolute Gasteiger partial charge is 0.243 e. The molecule has 24 heavy (non-hydrogen) atoms. The van der Waals surface area contributed by atoms with Gasteiger partial charge >= 0.3 is 0 Å². The van der Waals surface area contributed by atoms with Gasteiger partial charge in [0.05, 0.1) is 28.2 Å². The fourth-order valence-electron chi connectivity index (χ4n) is 2.76. The second kappa shape index (κ2) is 8.65. The fraction of sp³-hybridized carbons (Fsp3) is 0.647. The molecular formula is C17H26BrNO4S. The van der Waals surface area contributed by atoms with Gasteiger partial charge in [-0.15, -0.1) is 0 Å². The number of sulfonamides is 1. The van der Waals surface area contributed by atoms with Gasteiger partial charge in [0.2, 0.25) is 10.0 Å². The SMILES string of the molecule is CCCCCOc1cc(S(=O)(=O)N2C[C@@H](C)O[C@H](C)C2)ccc1Br. The standard InChI is InChI=1S/C17H26BrNO4S/c1-4-5-6-9-22-17-10-15(7-8-16(17)18)24(20,21)19-11-13(2)23-14(3)12-19/h7-8,10,13-14H,4-6,9,11-12H2,1-3H3/t13-,14-/m1/s1. The van der Waals surface area contributed by atoms with Crippen LogP contribution >= 0.6 is 15.9 Å². The maximum Gasteiger partial charge on any atom is 0.243 e. The van der Waals surface area contributed by atoms with Gasteiger partial charge in [0.15, 0.2) is 0 Å². The summed E-state index contributed by atoms with van der Waals surface area (Å²) in [7, 11) is -3.55. The van der Waals surface area contributed by atoms with Crippen LogP contribution in [0.1, 0.15) is 40.0 Å². The Morgan fingerprint density at radius 3 is 2.54 bits per heavy atom. The third-order valence-electron chi connectivity index (χ3n) is 3.93. The number of unbranched alkanes of at least 4 members (excludes halogenated alkanes) is 2. The zero-order valence-corrected chi connectivity index (χ0v) is 16.9. The lowest BCUT2D eigenvalue weighted by Crippen LogP contribution is -2.48. The molecular weight excluding hydrogens is 394 g/mol. The van der Waals surface area contributed by atoms with E-state index in [0.717, 1.165) is 23.7 Å². The minimum Gasteiger partial charge on any atom is -0.492 e. The van der Waals surface area contributed by atoms with E-state index in [1.54, 1.807) is 18.2 Å². The van der Waals surface area contributed by atoms with Crippen molar-refractivity contribution in [1.29, 1.82) is 0 Å². The van der Waals surface area contributed by atoms with Gasteiger partial charge in [-0.2, -0.15) is 4.31 Å². The highest BCUT2D eigenvalue weighted by atomic mass is 79.9. The van der Waals surface area contributed by atoms with Crippen LogP contribution < -0.4 is 4.74 Å². The van der Waals surface area contributed by atoms with Gasteiger partial charge in [-0.1, -0.05) is 19.8 Å². The van der Waals surface area contributed by atoms with Crippen molar-refractivity contribution in [2.24, 2.45) is 0 Å². The Morgan fingerprint density at radius 2 is 1.92 bits per heavy atom. The van der Waals surface area contributed by atoms with Gasteiger partial charge in [0, 0.05) is 19.2 Å².